The highest BCUT2D eigenvalue weighted by Gasteiger charge is 2.19. The zero-order chi connectivity index (χ0) is 11.5. The molecule has 16 heavy (non-hydrogen) atoms. The summed E-state index contributed by atoms with van der Waals surface area (Å²) < 4.78 is 1.93. The number of nitrogens with two attached hydrogens (primary N) is 1. The van der Waals surface area contributed by atoms with Crippen molar-refractivity contribution in [2.45, 2.75) is 19.8 Å². The lowest BCUT2D eigenvalue weighted by Gasteiger charge is -2.22. The number of rotatable bonds is 2. The van der Waals surface area contributed by atoms with Crippen LogP contribution in [0, 0.1) is 0 Å². The van der Waals surface area contributed by atoms with Crippen LogP contribution in [0.5, 0.6) is 0 Å². The second-order valence-corrected chi connectivity index (χ2v) is 5.34. The SMILES string of the molecule is CCc1nn(C)c(N2CCCSCC2)c1N. The summed E-state index contributed by atoms with van der Waals surface area (Å²) in [7, 11) is 1.99. The Bertz CT molecular complexity index is 353. The molecule has 0 atom stereocenters. The Balaban J connectivity index is 2.27. The highest BCUT2D eigenvalue weighted by Crippen LogP contribution is 2.28. The molecule has 2 N–H and O–H groups in total. The first-order valence-corrected chi connectivity index (χ1v) is 7.03. The summed E-state index contributed by atoms with van der Waals surface area (Å²) in [6.45, 7) is 4.28. The maximum absolute atomic E-state index is 6.16. The molecule has 0 radical (unpaired) electrons. The van der Waals surface area contributed by atoms with E-state index >= 15 is 0 Å². The van der Waals surface area contributed by atoms with E-state index in [9.17, 15) is 0 Å². The Kier molecular flexibility index (Phi) is 3.63. The summed E-state index contributed by atoms with van der Waals surface area (Å²) in [4.78, 5) is 2.38. The van der Waals surface area contributed by atoms with Gasteiger partial charge in [0.15, 0.2) is 0 Å². The molecule has 1 fully saturated rings. The molecule has 0 saturated carbocycles. The number of aromatic nitrogens is 2. The van der Waals surface area contributed by atoms with E-state index in [1.165, 1.54) is 17.9 Å². The molecule has 0 aliphatic carbocycles. The highest BCUT2D eigenvalue weighted by molar-refractivity contribution is 7.99. The molecule has 0 bridgehead atoms. The van der Waals surface area contributed by atoms with Gasteiger partial charge in [0.05, 0.1) is 11.4 Å². The highest BCUT2D eigenvalue weighted by atomic mass is 32.2. The molecule has 1 aliphatic heterocycles. The van der Waals surface area contributed by atoms with Crippen LogP contribution in [0.15, 0.2) is 0 Å². The summed E-state index contributed by atoms with van der Waals surface area (Å²) in [5, 5.41) is 4.48. The van der Waals surface area contributed by atoms with Crippen LogP contribution in [0.25, 0.3) is 0 Å². The monoisotopic (exact) mass is 240 g/mol. The maximum atomic E-state index is 6.16. The topological polar surface area (TPSA) is 47.1 Å². The van der Waals surface area contributed by atoms with E-state index in [4.69, 9.17) is 5.73 Å². The summed E-state index contributed by atoms with van der Waals surface area (Å²) in [6.07, 6.45) is 2.14. The van der Waals surface area contributed by atoms with E-state index in [1.54, 1.807) is 0 Å². The van der Waals surface area contributed by atoms with E-state index in [2.05, 4.69) is 16.9 Å². The summed E-state index contributed by atoms with van der Waals surface area (Å²) in [5.41, 5.74) is 8.06. The number of aryl methyl sites for hydroxylation is 2. The molecule has 1 aromatic heterocycles. The second-order valence-electron chi connectivity index (χ2n) is 4.11. The minimum atomic E-state index is 0.872. The van der Waals surface area contributed by atoms with Crippen molar-refractivity contribution < 1.29 is 0 Å². The lowest BCUT2D eigenvalue weighted by Crippen LogP contribution is -2.28. The van der Waals surface area contributed by atoms with Crippen molar-refractivity contribution in [2.75, 3.05) is 35.2 Å². The lowest BCUT2D eigenvalue weighted by atomic mass is 10.3. The molecular weight excluding hydrogens is 220 g/mol. The van der Waals surface area contributed by atoms with Crippen LogP contribution in [0.2, 0.25) is 0 Å². The zero-order valence-electron chi connectivity index (χ0n) is 10.1. The Hall–Kier alpha value is -0.840. The average Bonchev–Trinajstić information content (AvgIpc) is 2.49. The smallest absolute Gasteiger partial charge is 0.150 e. The predicted octanol–water partition coefficient (Wildman–Crippen LogP) is 1.51. The third-order valence-corrected chi connectivity index (χ3v) is 4.03. The lowest BCUT2D eigenvalue weighted by molar-refractivity contribution is 0.701. The largest absolute Gasteiger partial charge is 0.394 e. The first kappa shape index (κ1) is 11.6. The average molecular weight is 240 g/mol. The molecule has 5 heteroatoms. The number of hydrogen-bond donors (Lipinski definition) is 1. The van der Waals surface area contributed by atoms with Crippen molar-refractivity contribution in [3.8, 4) is 0 Å². The molecule has 0 amide bonds. The van der Waals surface area contributed by atoms with E-state index in [-0.39, 0.29) is 0 Å². The van der Waals surface area contributed by atoms with Gasteiger partial charge in [-0.3, -0.25) is 4.68 Å². The van der Waals surface area contributed by atoms with Gasteiger partial charge in [-0.15, -0.1) is 0 Å². The Morgan fingerprint density at radius 2 is 2.19 bits per heavy atom. The maximum Gasteiger partial charge on any atom is 0.150 e. The van der Waals surface area contributed by atoms with E-state index < -0.39 is 0 Å². The van der Waals surface area contributed by atoms with Crippen LogP contribution in [0.3, 0.4) is 0 Å². The first-order valence-electron chi connectivity index (χ1n) is 5.88. The van der Waals surface area contributed by atoms with Crippen molar-refractivity contribution in [2.24, 2.45) is 7.05 Å². The van der Waals surface area contributed by atoms with Crippen molar-refractivity contribution in [1.29, 1.82) is 0 Å². The third-order valence-electron chi connectivity index (χ3n) is 2.99. The molecule has 0 aromatic carbocycles. The molecule has 1 aliphatic rings. The predicted molar refractivity (Wildman–Crippen MR) is 71.2 cm³/mol. The minimum Gasteiger partial charge on any atom is -0.394 e. The number of thioether (sulfide) groups is 1. The Morgan fingerprint density at radius 1 is 1.38 bits per heavy atom. The van der Waals surface area contributed by atoms with Gasteiger partial charge in [-0.1, -0.05) is 6.92 Å². The Morgan fingerprint density at radius 3 is 2.88 bits per heavy atom. The normalized spacial score (nSPS) is 17.5. The molecule has 1 saturated heterocycles. The van der Waals surface area contributed by atoms with Gasteiger partial charge < -0.3 is 10.6 Å². The fraction of sp³-hybridized carbons (Fsp3) is 0.727. The zero-order valence-corrected chi connectivity index (χ0v) is 10.9. The number of nitrogen functional groups attached to an aromatic ring is 1. The summed E-state index contributed by atoms with van der Waals surface area (Å²) in [6, 6.07) is 0. The fourth-order valence-corrected chi connectivity index (χ4v) is 3.07. The van der Waals surface area contributed by atoms with Crippen molar-refractivity contribution in [1.82, 2.24) is 9.78 Å². The van der Waals surface area contributed by atoms with Crippen LogP contribution in [0.4, 0.5) is 11.5 Å². The third kappa shape index (κ3) is 2.14. The standard InChI is InChI=1S/C11H20N4S/c1-3-9-10(12)11(14(2)13-9)15-5-4-7-16-8-6-15/h3-8,12H2,1-2H3. The molecular formula is C11H20N4S. The van der Waals surface area contributed by atoms with Gasteiger partial charge in [0.25, 0.3) is 0 Å². The molecule has 4 nitrogen and oxygen atoms in total. The molecule has 0 unspecified atom stereocenters. The van der Waals surface area contributed by atoms with Gasteiger partial charge in [0.1, 0.15) is 5.82 Å². The summed E-state index contributed by atoms with van der Waals surface area (Å²) >= 11 is 2.03. The van der Waals surface area contributed by atoms with Crippen LogP contribution in [-0.2, 0) is 13.5 Å². The van der Waals surface area contributed by atoms with Crippen LogP contribution in [-0.4, -0.2) is 34.4 Å². The first-order chi connectivity index (χ1) is 7.74. The van der Waals surface area contributed by atoms with Gasteiger partial charge in [0, 0.05) is 25.9 Å². The Labute approximate surface area is 101 Å². The van der Waals surface area contributed by atoms with Gasteiger partial charge in [-0.2, -0.15) is 16.9 Å². The minimum absolute atomic E-state index is 0.872. The summed E-state index contributed by atoms with van der Waals surface area (Å²) in [5.74, 6) is 3.56. The molecule has 0 spiro atoms. The van der Waals surface area contributed by atoms with Crippen LogP contribution < -0.4 is 10.6 Å². The van der Waals surface area contributed by atoms with Gasteiger partial charge in [0.2, 0.25) is 0 Å². The van der Waals surface area contributed by atoms with Crippen molar-refractivity contribution in [3.05, 3.63) is 5.69 Å². The second kappa shape index (κ2) is 4.99. The van der Waals surface area contributed by atoms with Gasteiger partial charge in [-0.25, -0.2) is 0 Å². The van der Waals surface area contributed by atoms with Crippen molar-refractivity contribution >= 4 is 23.3 Å². The van der Waals surface area contributed by atoms with Gasteiger partial charge >= 0.3 is 0 Å². The molecule has 90 valence electrons. The van der Waals surface area contributed by atoms with Crippen molar-refractivity contribution in [3.63, 3.8) is 0 Å². The molecule has 1 aromatic rings. The molecule has 2 rings (SSSR count). The van der Waals surface area contributed by atoms with E-state index in [0.29, 0.717) is 0 Å². The quantitative estimate of drug-likeness (QED) is 0.851. The van der Waals surface area contributed by atoms with Crippen LogP contribution >= 0.6 is 11.8 Å². The molecule has 2 heterocycles. The number of nitrogens with zero attached hydrogens (tertiary/aromatic N) is 3. The van der Waals surface area contributed by atoms with Gasteiger partial charge in [-0.05, 0) is 18.6 Å². The fourth-order valence-electron chi connectivity index (χ4n) is 2.18. The van der Waals surface area contributed by atoms with E-state index in [0.717, 1.165) is 36.7 Å². The van der Waals surface area contributed by atoms with E-state index in [1.807, 2.05) is 23.5 Å². The number of anilines is 2. The number of hydrogen-bond acceptors (Lipinski definition) is 4. The van der Waals surface area contributed by atoms with Crippen LogP contribution in [0.1, 0.15) is 19.0 Å².